The van der Waals surface area contributed by atoms with Gasteiger partial charge in [0.05, 0.1) is 6.54 Å². The molecule has 2 aliphatic rings. The third-order valence-electron chi connectivity index (χ3n) is 7.06. The van der Waals surface area contributed by atoms with Gasteiger partial charge in [0.2, 0.25) is 5.91 Å². The first-order valence-corrected chi connectivity index (χ1v) is 12.7. The van der Waals surface area contributed by atoms with Gasteiger partial charge in [-0.05, 0) is 87.4 Å². The molecule has 2 heterocycles. The molecule has 186 valence electrons. The van der Waals surface area contributed by atoms with Crippen LogP contribution in [0.2, 0.25) is 0 Å². The molecule has 7 heteroatoms. The Hall–Kier alpha value is -3.35. The van der Waals surface area contributed by atoms with E-state index < -0.39 is 0 Å². The zero-order valence-electron chi connectivity index (χ0n) is 20.8. The predicted octanol–water partition coefficient (Wildman–Crippen LogP) is 3.97. The Morgan fingerprint density at radius 3 is 2.26 bits per heavy atom. The SMILES string of the molecule is Cc1cc(C(=O)N2CCCCC2C)ccc1NCC(=O)NCc1ccc(C(=O)N2CCCC2)cc1. The van der Waals surface area contributed by atoms with Crippen LogP contribution in [0, 0.1) is 6.92 Å². The molecule has 0 radical (unpaired) electrons. The van der Waals surface area contributed by atoms with Crippen molar-refractivity contribution in [2.45, 2.75) is 58.5 Å². The van der Waals surface area contributed by atoms with Crippen LogP contribution < -0.4 is 10.6 Å². The fraction of sp³-hybridized carbons (Fsp3) is 0.464. The lowest BCUT2D eigenvalue weighted by Gasteiger charge is -2.33. The van der Waals surface area contributed by atoms with Crippen molar-refractivity contribution >= 4 is 23.4 Å². The summed E-state index contributed by atoms with van der Waals surface area (Å²) in [5.74, 6) is 0.0393. The fourth-order valence-corrected chi connectivity index (χ4v) is 4.87. The van der Waals surface area contributed by atoms with E-state index in [2.05, 4.69) is 17.6 Å². The number of rotatable bonds is 7. The lowest BCUT2D eigenvalue weighted by atomic mass is 10.0. The largest absolute Gasteiger partial charge is 0.376 e. The molecule has 2 saturated heterocycles. The molecule has 4 rings (SSSR count). The second kappa shape index (κ2) is 11.4. The van der Waals surface area contributed by atoms with E-state index in [0.29, 0.717) is 17.7 Å². The summed E-state index contributed by atoms with van der Waals surface area (Å²) in [5.41, 5.74) is 4.11. The van der Waals surface area contributed by atoms with Gasteiger partial charge in [0.15, 0.2) is 0 Å². The average Bonchev–Trinajstić information content (AvgIpc) is 3.41. The second-order valence-corrected chi connectivity index (χ2v) is 9.70. The molecule has 2 aromatic rings. The number of hydrogen-bond acceptors (Lipinski definition) is 4. The Balaban J connectivity index is 1.24. The highest BCUT2D eigenvalue weighted by atomic mass is 16.2. The Morgan fingerprint density at radius 2 is 1.57 bits per heavy atom. The van der Waals surface area contributed by atoms with Gasteiger partial charge in [0.1, 0.15) is 0 Å². The van der Waals surface area contributed by atoms with Crippen molar-refractivity contribution in [3.63, 3.8) is 0 Å². The van der Waals surface area contributed by atoms with E-state index in [9.17, 15) is 14.4 Å². The first-order chi connectivity index (χ1) is 16.9. The Morgan fingerprint density at radius 1 is 0.886 bits per heavy atom. The minimum atomic E-state index is -0.121. The van der Waals surface area contributed by atoms with Gasteiger partial charge < -0.3 is 20.4 Å². The minimum Gasteiger partial charge on any atom is -0.376 e. The van der Waals surface area contributed by atoms with Crippen LogP contribution in [0.1, 0.15) is 70.9 Å². The van der Waals surface area contributed by atoms with Crippen molar-refractivity contribution in [3.8, 4) is 0 Å². The smallest absolute Gasteiger partial charge is 0.254 e. The van der Waals surface area contributed by atoms with Gasteiger partial charge >= 0.3 is 0 Å². The number of amides is 3. The quantitative estimate of drug-likeness (QED) is 0.634. The standard InChI is InChI=1S/C28H36N4O3/c1-20-17-24(28(35)32-16-4-3-7-21(32)2)12-13-25(20)29-19-26(33)30-18-22-8-10-23(11-9-22)27(34)31-14-5-6-15-31/h8-13,17,21,29H,3-7,14-16,18-19H2,1-2H3,(H,30,33). The van der Waals surface area contributed by atoms with Gasteiger partial charge in [-0.25, -0.2) is 0 Å². The summed E-state index contributed by atoms with van der Waals surface area (Å²) in [6.45, 7) is 7.08. The summed E-state index contributed by atoms with van der Waals surface area (Å²) in [6, 6.07) is 13.3. The summed E-state index contributed by atoms with van der Waals surface area (Å²) in [5, 5.41) is 6.08. The molecule has 1 atom stereocenters. The number of piperidine rings is 1. The monoisotopic (exact) mass is 476 g/mol. The van der Waals surface area contributed by atoms with Crippen molar-refractivity contribution in [2.24, 2.45) is 0 Å². The van der Waals surface area contributed by atoms with E-state index in [4.69, 9.17) is 0 Å². The number of likely N-dealkylation sites (tertiary alicyclic amines) is 2. The van der Waals surface area contributed by atoms with E-state index in [1.165, 1.54) is 6.42 Å². The molecule has 7 nitrogen and oxygen atoms in total. The first-order valence-electron chi connectivity index (χ1n) is 12.7. The molecule has 0 saturated carbocycles. The van der Waals surface area contributed by atoms with Crippen LogP contribution in [0.3, 0.4) is 0 Å². The second-order valence-electron chi connectivity index (χ2n) is 9.70. The van der Waals surface area contributed by atoms with Crippen LogP contribution in [0.15, 0.2) is 42.5 Å². The summed E-state index contributed by atoms with van der Waals surface area (Å²) in [4.78, 5) is 41.6. The van der Waals surface area contributed by atoms with E-state index in [0.717, 1.165) is 62.1 Å². The molecular weight excluding hydrogens is 440 g/mol. The molecular formula is C28H36N4O3. The number of benzene rings is 2. The van der Waals surface area contributed by atoms with Crippen molar-refractivity contribution in [1.29, 1.82) is 0 Å². The number of aryl methyl sites for hydroxylation is 1. The Labute approximate surface area is 207 Å². The molecule has 1 unspecified atom stereocenters. The normalized spacial score (nSPS) is 17.8. The van der Waals surface area contributed by atoms with Gasteiger partial charge in [-0.3, -0.25) is 14.4 Å². The molecule has 0 aromatic heterocycles. The average molecular weight is 477 g/mol. The Kier molecular flexibility index (Phi) is 8.06. The highest BCUT2D eigenvalue weighted by Gasteiger charge is 2.24. The lowest BCUT2D eigenvalue weighted by molar-refractivity contribution is -0.119. The van der Waals surface area contributed by atoms with Gasteiger partial charge in [-0.2, -0.15) is 0 Å². The minimum absolute atomic E-state index is 0.0795. The van der Waals surface area contributed by atoms with Crippen LogP contribution >= 0.6 is 0 Å². The van der Waals surface area contributed by atoms with Crippen LogP contribution in [0.4, 0.5) is 5.69 Å². The maximum Gasteiger partial charge on any atom is 0.254 e. The highest BCUT2D eigenvalue weighted by Crippen LogP contribution is 2.22. The van der Waals surface area contributed by atoms with E-state index in [1.807, 2.05) is 59.2 Å². The van der Waals surface area contributed by atoms with Gasteiger partial charge in [-0.15, -0.1) is 0 Å². The van der Waals surface area contributed by atoms with Crippen molar-refractivity contribution in [2.75, 3.05) is 31.5 Å². The third-order valence-corrected chi connectivity index (χ3v) is 7.06. The first kappa shape index (κ1) is 24.8. The van der Waals surface area contributed by atoms with E-state index in [1.54, 1.807) is 0 Å². The molecule has 0 aliphatic carbocycles. The molecule has 35 heavy (non-hydrogen) atoms. The molecule has 0 bridgehead atoms. The van der Waals surface area contributed by atoms with Crippen molar-refractivity contribution < 1.29 is 14.4 Å². The third kappa shape index (κ3) is 6.21. The van der Waals surface area contributed by atoms with Crippen LogP contribution in [-0.4, -0.2) is 59.7 Å². The zero-order valence-corrected chi connectivity index (χ0v) is 20.8. The number of nitrogens with zero attached hydrogens (tertiary/aromatic N) is 2. The number of anilines is 1. The van der Waals surface area contributed by atoms with Crippen LogP contribution in [-0.2, 0) is 11.3 Å². The van der Waals surface area contributed by atoms with Gasteiger partial charge in [0, 0.05) is 49.0 Å². The molecule has 2 aliphatic heterocycles. The predicted molar refractivity (Wildman–Crippen MR) is 137 cm³/mol. The lowest BCUT2D eigenvalue weighted by Crippen LogP contribution is -2.42. The van der Waals surface area contributed by atoms with Crippen LogP contribution in [0.25, 0.3) is 0 Å². The summed E-state index contributed by atoms with van der Waals surface area (Å²) in [6.07, 6.45) is 5.44. The molecule has 2 fully saturated rings. The number of carbonyl (C=O) groups excluding carboxylic acids is 3. The number of hydrogen-bond donors (Lipinski definition) is 2. The summed E-state index contributed by atoms with van der Waals surface area (Å²) in [7, 11) is 0. The fourth-order valence-electron chi connectivity index (χ4n) is 4.87. The van der Waals surface area contributed by atoms with Crippen LogP contribution in [0.5, 0.6) is 0 Å². The van der Waals surface area contributed by atoms with Crippen molar-refractivity contribution in [3.05, 3.63) is 64.7 Å². The van der Waals surface area contributed by atoms with E-state index in [-0.39, 0.29) is 30.3 Å². The molecule has 0 spiro atoms. The molecule has 2 N–H and O–H groups in total. The summed E-state index contributed by atoms with van der Waals surface area (Å²) < 4.78 is 0. The van der Waals surface area contributed by atoms with E-state index >= 15 is 0 Å². The number of nitrogens with one attached hydrogen (secondary N) is 2. The van der Waals surface area contributed by atoms with Gasteiger partial charge in [0.25, 0.3) is 11.8 Å². The zero-order chi connectivity index (χ0) is 24.8. The van der Waals surface area contributed by atoms with Crippen molar-refractivity contribution in [1.82, 2.24) is 15.1 Å². The molecule has 3 amide bonds. The summed E-state index contributed by atoms with van der Waals surface area (Å²) >= 11 is 0. The maximum atomic E-state index is 12.9. The number of carbonyl (C=O) groups is 3. The van der Waals surface area contributed by atoms with Gasteiger partial charge in [-0.1, -0.05) is 12.1 Å². The highest BCUT2D eigenvalue weighted by molar-refractivity contribution is 5.95. The maximum absolute atomic E-state index is 12.9. The topological polar surface area (TPSA) is 81.8 Å². The Bertz CT molecular complexity index is 1060. The molecule has 2 aromatic carbocycles.